The van der Waals surface area contributed by atoms with Gasteiger partial charge in [0, 0.05) is 50.7 Å². The van der Waals surface area contributed by atoms with Crippen LogP contribution in [-0.2, 0) is 9.47 Å². The first-order chi connectivity index (χ1) is 9.33. The fourth-order valence-electron chi connectivity index (χ4n) is 2.63. The number of nitrogens with zero attached hydrogens (tertiary/aromatic N) is 1. The van der Waals surface area contributed by atoms with E-state index in [0.29, 0.717) is 5.92 Å². The lowest BCUT2D eigenvalue weighted by molar-refractivity contribution is -0.0285. The largest absolute Gasteiger partial charge is 0.383 e. The van der Waals surface area contributed by atoms with Crippen LogP contribution >= 0.6 is 0 Å². The average molecular weight is 264 g/mol. The molecule has 2 atom stereocenters. The minimum absolute atomic E-state index is 0.178. The molecular weight excluding hydrogens is 240 g/mol. The Morgan fingerprint density at radius 1 is 1.53 bits per heavy atom. The molecular formula is C15H24N2O2. The quantitative estimate of drug-likeness (QED) is 0.799. The van der Waals surface area contributed by atoms with E-state index in [1.54, 1.807) is 7.11 Å². The molecule has 4 nitrogen and oxygen atoms in total. The van der Waals surface area contributed by atoms with Crippen LogP contribution in [-0.4, -0.2) is 38.4 Å². The zero-order valence-electron chi connectivity index (χ0n) is 11.9. The van der Waals surface area contributed by atoms with Crippen molar-refractivity contribution in [2.45, 2.75) is 25.9 Å². The van der Waals surface area contributed by atoms with Gasteiger partial charge in [0.15, 0.2) is 0 Å². The Balaban J connectivity index is 1.98. The van der Waals surface area contributed by atoms with Crippen molar-refractivity contribution in [3.8, 4) is 0 Å². The molecule has 0 radical (unpaired) electrons. The number of pyridine rings is 1. The Kier molecular flexibility index (Phi) is 5.76. The number of hydrogen-bond acceptors (Lipinski definition) is 4. The van der Waals surface area contributed by atoms with E-state index in [2.05, 4.69) is 23.3 Å². The standard InChI is InChI=1S/C15H24N2O2/c1-12-5-6-16-11-14(12)15-13(4-3-8-19-15)10-17-7-9-18-2/h5-6,11,13,15,17H,3-4,7-10H2,1-2H3. The highest BCUT2D eigenvalue weighted by molar-refractivity contribution is 5.25. The van der Waals surface area contributed by atoms with Crippen LogP contribution in [0, 0.1) is 12.8 Å². The van der Waals surface area contributed by atoms with Crippen molar-refractivity contribution in [2.24, 2.45) is 5.92 Å². The third kappa shape index (κ3) is 4.00. The maximum Gasteiger partial charge on any atom is 0.0882 e. The Labute approximate surface area is 115 Å². The summed E-state index contributed by atoms with van der Waals surface area (Å²) in [6, 6.07) is 2.06. The molecule has 19 heavy (non-hydrogen) atoms. The molecule has 0 aliphatic carbocycles. The lowest BCUT2D eigenvalue weighted by Crippen LogP contribution is -2.33. The summed E-state index contributed by atoms with van der Waals surface area (Å²) >= 11 is 0. The van der Waals surface area contributed by atoms with E-state index in [4.69, 9.17) is 9.47 Å². The highest BCUT2D eigenvalue weighted by atomic mass is 16.5. The molecule has 2 unspecified atom stereocenters. The van der Waals surface area contributed by atoms with Gasteiger partial charge in [-0.15, -0.1) is 0 Å². The van der Waals surface area contributed by atoms with Crippen LogP contribution in [0.1, 0.15) is 30.1 Å². The highest BCUT2D eigenvalue weighted by Crippen LogP contribution is 2.34. The van der Waals surface area contributed by atoms with Gasteiger partial charge in [-0.2, -0.15) is 0 Å². The van der Waals surface area contributed by atoms with E-state index < -0.39 is 0 Å². The zero-order valence-corrected chi connectivity index (χ0v) is 11.9. The van der Waals surface area contributed by atoms with Gasteiger partial charge in [-0.3, -0.25) is 4.98 Å². The molecule has 2 rings (SSSR count). The highest BCUT2D eigenvalue weighted by Gasteiger charge is 2.28. The summed E-state index contributed by atoms with van der Waals surface area (Å²) in [6.07, 6.45) is 6.32. The molecule has 0 spiro atoms. The number of rotatable bonds is 6. The van der Waals surface area contributed by atoms with Crippen molar-refractivity contribution in [3.05, 3.63) is 29.6 Å². The molecule has 106 valence electrons. The molecule has 1 aliphatic heterocycles. The van der Waals surface area contributed by atoms with E-state index in [1.165, 1.54) is 17.5 Å². The number of hydrogen-bond donors (Lipinski definition) is 1. The third-order valence-electron chi connectivity index (χ3n) is 3.72. The normalized spacial score (nSPS) is 23.5. The van der Waals surface area contributed by atoms with Gasteiger partial charge in [-0.05, 0) is 31.4 Å². The number of aryl methyl sites for hydroxylation is 1. The predicted octanol–water partition coefficient (Wildman–Crippen LogP) is 2.09. The van der Waals surface area contributed by atoms with Crippen LogP contribution in [0.4, 0.5) is 0 Å². The maximum atomic E-state index is 6.00. The predicted molar refractivity (Wildman–Crippen MR) is 75.1 cm³/mol. The lowest BCUT2D eigenvalue weighted by Gasteiger charge is -2.33. The van der Waals surface area contributed by atoms with Crippen LogP contribution in [0.3, 0.4) is 0 Å². The molecule has 0 aromatic carbocycles. The zero-order chi connectivity index (χ0) is 13.5. The summed E-state index contributed by atoms with van der Waals surface area (Å²) in [5.41, 5.74) is 2.50. The first-order valence-electron chi connectivity index (χ1n) is 7.04. The van der Waals surface area contributed by atoms with Crippen molar-refractivity contribution in [1.29, 1.82) is 0 Å². The molecule has 2 heterocycles. The second-order valence-electron chi connectivity index (χ2n) is 5.12. The Hall–Kier alpha value is -0.970. The molecule has 0 saturated carbocycles. The third-order valence-corrected chi connectivity index (χ3v) is 3.72. The van der Waals surface area contributed by atoms with Crippen LogP contribution < -0.4 is 5.32 Å². The van der Waals surface area contributed by atoms with Gasteiger partial charge in [-0.1, -0.05) is 0 Å². The summed E-state index contributed by atoms with van der Waals surface area (Å²) in [7, 11) is 1.73. The molecule has 1 aromatic heterocycles. The van der Waals surface area contributed by atoms with Crippen molar-refractivity contribution >= 4 is 0 Å². The monoisotopic (exact) mass is 264 g/mol. The lowest BCUT2D eigenvalue weighted by atomic mass is 9.88. The molecule has 1 saturated heterocycles. The molecule has 1 N–H and O–H groups in total. The van der Waals surface area contributed by atoms with E-state index >= 15 is 0 Å². The van der Waals surface area contributed by atoms with Gasteiger partial charge in [0.1, 0.15) is 0 Å². The molecule has 1 aliphatic rings. The topological polar surface area (TPSA) is 43.4 Å². The van der Waals surface area contributed by atoms with Gasteiger partial charge in [0.25, 0.3) is 0 Å². The summed E-state index contributed by atoms with van der Waals surface area (Å²) in [4.78, 5) is 4.24. The van der Waals surface area contributed by atoms with Crippen LogP contribution in [0.5, 0.6) is 0 Å². The fourth-order valence-corrected chi connectivity index (χ4v) is 2.63. The van der Waals surface area contributed by atoms with E-state index in [0.717, 1.165) is 32.7 Å². The van der Waals surface area contributed by atoms with E-state index in [1.807, 2.05) is 12.4 Å². The number of methoxy groups -OCH3 is 1. The van der Waals surface area contributed by atoms with Crippen LogP contribution in [0.2, 0.25) is 0 Å². The van der Waals surface area contributed by atoms with Gasteiger partial charge < -0.3 is 14.8 Å². The van der Waals surface area contributed by atoms with Gasteiger partial charge in [-0.25, -0.2) is 0 Å². The van der Waals surface area contributed by atoms with E-state index in [-0.39, 0.29) is 6.10 Å². The molecule has 4 heteroatoms. The SMILES string of the molecule is COCCNCC1CCCOC1c1cnccc1C. The van der Waals surface area contributed by atoms with Crippen LogP contribution in [0.15, 0.2) is 18.5 Å². The Morgan fingerprint density at radius 2 is 2.42 bits per heavy atom. The Bertz CT molecular complexity index is 384. The number of ether oxygens (including phenoxy) is 2. The van der Waals surface area contributed by atoms with Crippen molar-refractivity contribution in [3.63, 3.8) is 0 Å². The average Bonchev–Trinajstić information content (AvgIpc) is 2.45. The summed E-state index contributed by atoms with van der Waals surface area (Å²) in [6.45, 7) is 5.61. The maximum absolute atomic E-state index is 6.00. The van der Waals surface area contributed by atoms with Crippen molar-refractivity contribution in [1.82, 2.24) is 10.3 Å². The molecule has 1 aromatic rings. The van der Waals surface area contributed by atoms with Gasteiger partial charge >= 0.3 is 0 Å². The number of nitrogens with one attached hydrogen (secondary N) is 1. The number of aromatic nitrogens is 1. The smallest absolute Gasteiger partial charge is 0.0882 e. The first kappa shape index (κ1) is 14.4. The minimum Gasteiger partial charge on any atom is -0.383 e. The van der Waals surface area contributed by atoms with Crippen LogP contribution in [0.25, 0.3) is 0 Å². The second kappa shape index (κ2) is 7.58. The summed E-state index contributed by atoms with van der Waals surface area (Å²) in [5, 5.41) is 3.45. The molecule has 0 amide bonds. The summed E-state index contributed by atoms with van der Waals surface area (Å²) < 4.78 is 11.1. The minimum atomic E-state index is 0.178. The second-order valence-corrected chi connectivity index (χ2v) is 5.12. The fraction of sp³-hybridized carbons (Fsp3) is 0.667. The Morgan fingerprint density at radius 3 is 3.21 bits per heavy atom. The van der Waals surface area contributed by atoms with Gasteiger partial charge in [0.05, 0.1) is 12.7 Å². The summed E-state index contributed by atoms with van der Waals surface area (Å²) in [5.74, 6) is 0.522. The molecule has 1 fully saturated rings. The first-order valence-corrected chi connectivity index (χ1v) is 7.04. The van der Waals surface area contributed by atoms with Gasteiger partial charge in [0.2, 0.25) is 0 Å². The van der Waals surface area contributed by atoms with E-state index in [9.17, 15) is 0 Å². The molecule has 0 bridgehead atoms. The van der Waals surface area contributed by atoms with Crippen molar-refractivity contribution in [2.75, 3.05) is 33.4 Å². The van der Waals surface area contributed by atoms with Crippen molar-refractivity contribution < 1.29 is 9.47 Å².